The number of oxazole rings is 1. The molecule has 1 aromatic carbocycles. The Morgan fingerprint density at radius 1 is 1.31 bits per heavy atom. The second-order valence-corrected chi connectivity index (χ2v) is 5.80. The Bertz CT molecular complexity index is 834. The first kappa shape index (κ1) is 19.2. The molecule has 0 spiro atoms. The molecular weight excluding hydrogens is 330 g/mol. The summed E-state index contributed by atoms with van der Waals surface area (Å²) in [6.07, 6.45) is 6.76. The molecular formula is C20H23N3O3. The van der Waals surface area contributed by atoms with Gasteiger partial charge in [0.1, 0.15) is 17.2 Å². The molecule has 0 aliphatic rings. The van der Waals surface area contributed by atoms with Crippen LogP contribution in [0.1, 0.15) is 35.9 Å². The number of aldehydes is 1. The first-order valence-corrected chi connectivity index (χ1v) is 8.44. The third kappa shape index (κ3) is 5.17. The minimum atomic E-state index is -0.409. The van der Waals surface area contributed by atoms with Crippen LogP contribution in [0.3, 0.4) is 0 Å². The Balaban J connectivity index is 2.20. The van der Waals surface area contributed by atoms with E-state index in [0.717, 1.165) is 17.5 Å². The molecule has 0 saturated heterocycles. The lowest BCUT2D eigenvalue weighted by Crippen LogP contribution is -2.30. The van der Waals surface area contributed by atoms with Crippen molar-refractivity contribution in [1.29, 1.82) is 0 Å². The Kier molecular flexibility index (Phi) is 6.91. The molecule has 0 radical (unpaired) electrons. The van der Waals surface area contributed by atoms with Crippen molar-refractivity contribution in [3.05, 3.63) is 64.6 Å². The molecule has 2 aromatic rings. The number of nitrogens with one attached hydrogen (secondary N) is 2. The van der Waals surface area contributed by atoms with Gasteiger partial charge < -0.3 is 15.1 Å². The van der Waals surface area contributed by atoms with E-state index >= 15 is 0 Å². The standard InChI is InChI=1S/C20H23N3O3/c1-4-6-19-17(22-13-26-19)11-16(12-24)23-20(25)18(21-3)10-15-8-5-7-14(2)9-15/h5,7-13,21H,4,6H2,1-3H3,(H,23,25)/b16-11-,18-10-. The zero-order chi connectivity index (χ0) is 18.9. The fraction of sp³-hybridized carbons (Fsp3) is 0.250. The van der Waals surface area contributed by atoms with Gasteiger partial charge in [-0.2, -0.15) is 0 Å². The van der Waals surface area contributed by atoms with Crippen LogP contribution in [-0.2, 0) is 16.0 Å². The third-order valence-corrected chi connectivity index (χ3v) is 3.69. The molecule has 0 fully saturated rings. The fourth-order valence-corrected chi connectivity index (χ4v) is 2.43. The summed E-state index contributed by atoms with van der Waals surface area (Å²) in [6.45, 7) is 4.00. The molecule has 2 N–H and O–H groups in total. The molecule has 6 nitrogen and oxygen atoms in total. The molecule has 1 aromatic heterocycles. The van der Waals surface area contributed by atoms with E-state index in [0.29, 0.717) is 29.9 Å². The Hall–Kier alpha value is -3.15. The average Bonchev–Trinajstić information content (AvgIpc) is 3.06. The number of allylic oxidation sites excluding steroid dienone is 1. The van der Waals surface area contributed by atoms with Gasteiger partial charge in [-0.1, -0.05) is 36.8 Å². The van der Waals surface area contributed by atoms with Gasteiger partial charge in [0.15, 0.2) is 12.7 Å². The molecule has 0 aliphatic heterocycles. The minimum Gasteiger partial charge on any atom is -0.448 e. The van der Waals surface area contributed by atoms with E-state index in [4.69, 9.17) is 4.42 Å². The zero-order valence-corrected chi connectivity index (χ0v) is 15.2. The minimum absolute atomic E-state index is 0.117. The van der Waals surface area contributed by atoms with Crippen molar-refractivity contribution in [1.82, 2.24) is 15.6 Å². The summed E-state index contributed by atoms with van der Waals surface area (Å²) in [5.41, 5.74) is 2.99. The number of likely N-dealkylation sites (N-methyl/N-ethyl adjacent to an activating group) is 1. The van der Waals surface area contributed by atoms with E-state index in [-0.39, 0.29) is 5.70 Å². The summed E-state index contributed by atoms with van der Waals surface area (Å²) < 4.78 is 5.31. The molecule has 1 amide bonds. The van der Waals surface area contributed by atoms with Gasteiger partial charge in [0, 0.05) is 13.5 Å². The van der Waals surface area contributed by atoms with Crippen LogP contribution in [-0.4, -0.2) is 24.2 Å². The maximum absolute atomic E-state index is 12.5. The van der Waals surface area contributed by atoms with Crippen LogP contribution in [0.5, 0.6) is 0 Å². The van der Waals surface area contributed by atoms with Gasteiger partial charge >= 0.3 is 0 Å². The Morgan fingerprint density at radius 3 is 2.77 bits per heavy atom. The summed E-state index contributed by atoms with van der Waals surface area (Å²) in [5, 5.41) is 5.46. The number of hydrogen-bond acceptors (Lipinski definition) is 5. The SMILES string of the molecule is CCCc1ocnc1/C=C(/C=O)NC(=O)/C(=C/c1cccc(C)c1)NC. The lowest BCUT2D eigenvalue weighted by molar-refractivity contribution is -0.118. The van der Waals surface area contributed by atoms with Crippen molar-refractivity contribution in [2.75, 3.05) is 7.05 Å². The average molecular weight is 353 g/mol. The Morgan fingerprint density at radius 2 is 2.12 bits per heavy atom. The predicted molar refractivity (Wildman–Crippen MR) is 101 cm³/mol. The highest BCUT2D eigenvalue weighted by molar-refractivity contribution is 6.01. The molecule has 136 valence electrons. The van der Waals surface area contributed by atoms with E-state index in [1.165, 1.54) is 12.5 Å². The van der Waals surface area contributed by atoms with Crippen LogP contribution in [0.25, 0.3) is 12.2 Å². The summed E-state index contributed by atoms with van der Waals surface area (Å²) in [6, 6.07) is 7.77. The maximum atomic E-state index is 12.5. The van der Waals surface area contributed by atoms with Crippen LogP contribution in [0.15, 0.2) is 46.5 Å². The van der Waals surface area contributed by atoms with Crippen molar-refractivity contribution >= 4 is 24.3 Å². The monoisotopic (exact) mass is 353 g/mol. The zero-order valence-electron chi connectivity index (χ0n) is 15.2. The molecule has 0 bridgehead atoms. The van der Waals surface area contributed by atoms with Crippen LogP contribution < -0.4 is 10.6 Å². The molecule has 2 rings (SSSR count). The molecule has 6 heteroatoms. The largest absolute Gasteiger partial charge is 0.448 e. The topological polar surface area (TPSA) is 84.2 Å². The Labute approximate surface area is 153 Å². The van der Waals surface area contributed by atoms with Crippen LogP contribution >= 0.6 is 0 Å². The van der Waals surface area contributed by atoms with Crippen molar-refractivity contribution in [2.24, 2.45) is 0 Å². The lowest BCUT2D eigenvalue weighted by atomic mass is 10.1. The second kappa shape index (κ2) is 9.36. The molecule has 1 heterocycles. The highest BCUT2D eigenvalue weighted by Crippen LogP contribution is 2.13. The fourth-order valence-electron chi connectivity index (χ4n) is 2.43. The summed E-state index contributed by atoms with van der Waals surface area (Å²) >= 11 is 0. The second-order valence-electron chi connectivity index (χ2n) is 5.80. The highest BCUT2D eigenvalue weighted by atomic mass is 16.3. The number of aromatic nitrogens is 1. The first-order chi connectivity index (χ1) is 12.6. The van der Waals surface area contributed by atoms with Gasteiger partial charge in [-0.25, -0.2) is 4.98 Å². The summed E-state index contributed by atoms with van der Waals surface area (Å²) in [7, 11) is 1.66. The molecule has 0 saturated carbocycles. The van der Waals surface area contributed by atoms with E-state index in [9.17, 15) is 9.59 Å². The van der Waals surface area contributed by atoms with Gasteiger partial charge in [0.05, 0.1) is 5.70 Å². The molecule has 26 heavy (non-hydrogen) atoms. The third-order valence-electron chi connectivity index (χ3n) is 3.69. The first-order valence-electron chi connectivity index (χ1n) is 8.44. The van der Waals surface area contributed by atoms with Gasteiger partial charge in [-0.15, -0.1) is 0 Å². The van der Waals surface area contributed by atoms with E-state index in [1.54, 1.807) is 13.1 Å². The quantitative estimate of drug-likeness (QED) is 0.563. The van der Waals surface area contributed by atoms with Crippen molar-refractivity contribution in [3.8, 4) is 0 Å². The number of rotatable bonds is 8. The van der Waals surface area contributed by atoms with E-state index in [1.807, 2.05) is 38.1 Å². The summed E-state index contributed by atoms with van der Waals surface area (Å²) in [4.78, 5) is 27.9. The van der Waals surface area contributed by atoms with Crippen molar-refractivity contribution in [3.63, 3.8) is 0 Å². The molecule has 0 unspecified atom stereocenters. The number of aryl methyl sites for hydroxylation is 2. The summed E-state index contributed by atoms with van der Waals surface area (Å²) in [5.74, 6) is 0.276. The van der Waals surface area contributed by atoms with Crippen molar-refractivity contribution < 1.29 is 14.0 Å². The van der Waals surface area contributed by atoms with E-state index < -0.39 is 5.91 Å². The number of carbonyl (C=O) groups is 2. The van der Waals surface area contributed by atoms with Gasteiger partial charge in [-0.3, -0.25) is 9.59 Å². The van der Waals surface area contributed by atoms with E-state index in [2.05, 4.69) is 15.6 Å². The van der Waals surface area contributed by atoms with Crippen LogP contribution in [0.2, 0.25) is 0 Å². The predicted octanol–water partition coefficient (Wildman–Crippen LogP) is 2.85. The number of carbonyl (C=O) groups excluding carboxylic acids is 2. The highest BCUT2D eigenvalue weighted by Gasteiger charge is 2.12. The molecule has 0 aliphatic carbocycles. The van der Waals surface area contributed by atoms with Gasteiger partial charge in [0.25, 0.3) is 5.91 Å². The lowest BCUT2D eigenvalue weighted by Gasteiger charge is -2.08. The number of hydrogen-bond donors (Lipinski definition) is 2. The van der Waals surface area contributed by atoms with Crippen LogP contribution in [0, 0.1) is 6.92 Å². The maximum Gasteiger partial charge on any atom is 0.271 e. The van der Waals surface area contributed by atoms with Gasteiger partial charge in [-0.05, 0) is 31.1 Å². The number of amides is 1. The van der Waals surface area contributed by atoms with Crippen molar-refractivity contribution in [2.45, 2.75) is 26.7 Å². The number of benzene rings is 1. The number of nitrogens with zero attached hydrogens (tertiary/aromatic N) is 1. The molecule has 0 atom stereocenters. The smallest absolute Gasteiger partial charge is 0.271 e. The normalized spacial score (nSPS) is 12.0. The van der Waals surface area contributed by atoms with Crippen LogP contribution in [0.4, 0.5) is 0 Å². The van der Waals surface area contributed by atoms with Gasteiger partial charge in [0.2, 0.25) is 0 Å².